The van der Waals surface area contributed by atoms with Crippen LogP contribution in [-0.2, 0) is 11.2 Å². The first-order valence-corrected chi connectivity index (χ1v) is 7.18. The fourth-order valence-electron chi connectivity index (χ4n) is 2.36. The maximum absolute atomic E-state index is 12.5. The van der Waals surface area contributed by atoms with Gasteiger partial charge < -0.3 is 14.6 Å². The summed E-state index contributed by atoms with van der Waals surface area (Å²) in [7, 11) is 0. The maximum Gasteiger partial charge on any atom is 0.260 e. The highest BCUT2D eigenvalue weighted by atomic mass is 16.5. The van der Waals surface area contributed by atoms with E-state index < -0.39 is 0 Å². The fraction of sp³-hybridized carbons (Fsp3) is 0.429. The number of H-pyrrole nitrogens is 2. The van der Waals surface area contributed by atoms with Gasteiger partial charge in [0.25, 0.3) is 11.5 Å². The number of pyridine rings is 1. The van der Waals surface area contributed by atoms with Gasteiger partial charge in [-0.2, -0.15) is 5.10 Å². The van der Waals surface area contributed by atoms with Gasteiger partial charge in [-0.1, -0.05) is 6.92 Å². The molecule has 0 aromatic carbocycles. The van der Waals surface area contributed by atoms with E-state index in [2.05, 4.69) is 20.2 Å². The summed E-state index contributed by atoms with van der Waals surface area (Å²) >= 11 is 0. The molecule has 22 heavy (non-hydrogen) atoms. The van der Waals surface area contributed by atoms with Crippen molar-refractivity contribution >= 4 is 5.91 Å². The van der Waals surface area contributed by atoms with Crippen LogP contribution in [0, 0.1) is 0 Å². The Morgan fingerprint density at radius 2 is 2.41 bits per heavy atom. The third-order valence-corrected chi connectivity index (χ3v) is 3.57. The van der Waals surface area contributed by atoms with Gasteiger partial charge in [0.1, 0.15) is 17.5 Å². The van der Waals surface area contributed by atoms with Crippen molar-refractivity contribution in [1.82, 2.24) is 25.1 Å². The van der Waals surface area contributed by atoms with Gasteiger partial charge in [-0.25, -0.2) is 4.98 Å². The van der Waals surface area contributed by atoms with Crippen molar-refractivity contribution in [3.05, 3.63) is 45.9 Å². The Morgan fingerprint density at radius 3 is 3.14 bits per heavy atom. The van der Waals surface area contributed by atoms with Crippen LogP contribution in [0.25, 0.3) is 0 Å². The molecular formula is C14H17N5O3. The molecule has 2 aromatic rings. The SMILES string of the molecule is CCc1nc([C@@H]2CN(C(=O)c3ccc[nH]c3=O)CCO2)n[nH]1. The van der Waals surface area contributed by atoms with Gasteiger partial charge in [0.05, 0.1) is 13.2 Å². The quantitative estimate of drug-likeness (QED) is 0.847. The standard InChI is InChI=1S/C14H17N5O3/c1-2-11-16-12(18-17-11)10-8-19(6-7-22-10)14(21)9-4-3-5-15-13(9)20/h3-5,10H,2,6-8H2,1H3,(H,15,20)(H,16,17,18)/t10-/m0/s1. The van der Waals surface area contributed by atoms with Gasteiger partial charge in [0.15, 0.2) is 5.82 Å². The van der Waals surface area contributed by atoms with Gasteiger partial charge in [-0.3, -0.25) is 14.7 Å². The summed E-state index contributed by atoms with van der Waals surface area (Å²) < 4.78 is 5.64. The minimum absolute atomic E-state index is 0.132. The van der Waals surface area contributed by atoms with Gasteiger partial charge >= 0.3 is 0 Å². The highest BCUT2D eigenvalue weighted by Gasteiger charge is 2.29. The van der Waals surface area contributed by atoms with E-state index in [-0.39, 0.29) is 23.1 Å². The lowest BCUT2D eigenvalue weighted by Gasteiger charge is -2.31. The lowest BCUT2D eigenvalue weighted by atomic mass is 10.2. The second-order valence-electron chi connectivity index (χ2n) is 5.02. The molecule has 3 heterocycles. The molecule has 0 bridgehead atoms. The van der Waals surface area contributed by atoms with Crippen LogP contribution in [-0.4, -0.2) is 50.7 Å². The van der Waals surface area contributed by atoms with Gasteiger partial charge in [0, 0.05) is 19.2 Å². The monoisotopic (exact) mass is 303 g/mol. The average molecular weight is 303 g/mol. The Hall–Kier alpha value is -2.48. The Kier molecular flexibility index (Phi) is 4.01. The maximum atomic E-state index is 12.5. The summed E-state index contributed by atoms with van der Waals surface area (Å²) in [5.74, 6) is 1.01. The fourth-order valence-corrected chi connectivity index (χ4v) is 2.36. The number of hydrogen-bond acceptors (Lipinski definition) is 5. The number of nitrogens with zero attached hydrogens (tertiary/aromatic N) is 3. The normalized spacial score (nSPS) is 18.4. The lowest BCUT2D eigenvalue weighted by molar-refractivity contribution is -0.0267. The number of carbonyl (C=O) groups is 1. The first kappa shape index (κ1) is 14.5. The largest absolute Gasteiger partial charge is 0.366 e. The molecule has 0 aliphatic carbocycles. The first-order valence-electron chi connectivity index (χ1n) is 7.18. The molecule has 8 heteroatoms. The molecule has 8 nitrogen and oxygen atoms in total. The molecule has 2 N–H and O–H groups in total. The number of rotatable bonds is 3. The zero-order valence-electron chi connectivity index (χ0n) is 12.2. The first-order chi connectivity index (χ1) is 10.7. The molecule has 0 unspecified atom stereocenters. The van der Waals surface area contributed by atoms with Crippen molar-refractivity contribution < 1.29 is 9.53 Å². The molecule has 0 spiro atoms. The van der Waals surface area contributed by atoms with Crippen LogP contribution in [0.5, 0.6) is 0 Å². The van der Waals surface area contributed by atoms with Crippen molar-refractivity contribution in [3.8, 4) is 0 Å². The average Bonchev–Trinajstić information content (AvgIpc) is 3.04. The molecule has 1 saturated heterocycles. The molecule has 1 aliphatic rings. The van der Waals surface area contributed by atoms with Gasteiger partial charge in [-0.15, -0.1) is 0 Å². The van der Waals surface area contributed by atoms with Crippen molar-refractivity contribution in [1.29, 1.82) is 0 Å². The van der Waals surface area contributed by atoms with Crippen LogP contribution in [0.3, 0.4) is 0 Å². The Labute approximate surface area is 126 Å². The minimum atomic E-state index is -0.387. The third kappa shape index (κ3) is 2.77. The summed E-state index contributed by atoms with van der Waals surface area (Å²) in [4.78, 5) is 32.6. The van der Waals surface area contributed by atoms with Crippen LogP contribution in [0.15, 0.2) is 23.1 Å². The highest BCUT2D eigenvalue weighted by molar-refractivity contribution is 5.93. The number of hydrogen-bond donors (Lipinski definition) is 2. The molecule has 1 amide bonds. The molecular weight excluding hydrogens is 286 g/mol. The zero-order valence-corrected chi connectivity index (χ0v) is 12.2. The van der Waals surface area contributed by atoms with Crippen LogP contribution in [0.4, 0.5) is 0 Å². The molecule has 0 radical (unpaired) electrons. The molecule has 0 saturated carbocycles. The second-order valence-corrected chi connectivity index (χ2v) is 5.02. The van der Waals surface area contributed by atoms with E-state index in [4.69, 9.17) is 4.74 Å². The topological polar surface area (TPSA) is 104 Å². The number of aryl methyl sites for hydroxylation is 1. The Morgan fingerprint density at radius 1 is 1.55 bits per heavy atom. The van der Waals surface area contributed by atoms with E-state index >= 15 is 0 Å². The lowest BCUT2D eigenvalue weighted by Crippen LogP contribution is -2.44. The number of aromatic amines is 2. The molecule has 116 valence electrons. The molecule has 1 aliphatic heterocycles. The molecule has 3 rings (SSSR count). The van der Waals surface area contributed by atoms with Gasteiger partial charge in [-0.05, 0) is 12.1 Å². The summed E-state index contributed by atoms with van der Waals surface area (Å²) in [6.45, 7) is 3.13. The number of ether oxygens (including phenoxy) is 1. The van der Waals surface area contributed by atoms with Crippen LogP contribution >= 0.6 is 0 Å². The number of morpholine rings is 1. The minimum Gasteiger partial charge on any atom is -0.366 e. The third-order valence-electron chi connectivity index (χ3n) is 3.57. The van der Waals surface area contributed by atoms with Crippen LogP contribution in [0.1, 0.15) is 35.0 Å². The highest BCUT2D eigenvalue weighted by Crippen LogP contribution is 2.20. The predicted octanol–water partition coefficient (Wildman–Crippen LogP) is 0.269. The zero-order chi connectivity index (χ0) is 15.5. The Balaban J connectivity index is 1.77. The van der Waals surface area contributed by atoms with E-state index in [0.717, 1.165) is 12.2 Å². The predicted molar refractivity (Wildman–Crippen MR) is 77.4 cm³/mol. The summed E-state index contributed by atoms with van der Waals surface area (Å²) in [6.07, 6.45) is 1.88. The molecule has 1 atom stereocenters. The van der Waals surface area contributed by atoms with Gasteiger partial charge in [0.2, 0.25) is 0 Å². The van der Waals surface area contributed by atoms with Crippen molar-refractivity contribution in [2.45, 2.75) is 19.4 Å². The molecule has 2 aromatic heterocycles. The van der Waals surface area contributed by atoms with Crippen molar-refractivity contribution in [3.63, 3.8) is 0 Å². The van der Waals surface area contributed by atoms with Crippen molar-refractivity contribution in [2.24, 2.45) is 0 Å². The van der Waals surface area contributed by atoms with E-state index in [1.807, 2.05) is 6.92 Å². The summed E-state index contributed by atoms with van der Waals surface area (Å²) in [5.41, 5.74) is -0.255. The summed E-state index contributed by atoms with van der Waals surface area (Å²) in [6, 6.07) is 3.16. The number of carbonyl (C=O) groups excluding carboxylic acids is 1. The van der Waals surface area contributed by atoms with E-state index in [0.29, 0.717) is 25.5 Å². The van der Waals surface area contributed by atoms with E-state index in [1.54, 1.807) is 11.0 Å². The van der Waals surface area contributed by atoms with E-state index in [9.17, 15) is 9.59 Å². The van der Waals surface area contributed by atoms with E-state index in [1.165, 1.54) is 12.3 Å². The summed E-state index contributed by atoms with van der Waals surface area (Å²) in [5, 5.41) is 6.97. The number of amides is 1. The molecule has 1 fully saturated rings. The number of nitrogens with one attached hydrogen (secondary N) is 2. The smallest absolute Gasteiger partial charge is 0.260 e. The van der Waals surface area contributed by atoms with Crippen molar-refractivity contribution in [2.75, 3.05) is 19.7 Å². The number of aromatic nitrogens is 4. The second kappa shape index (κ2) is 6.10. The Bertz CT molecular complexity index is 723. The van der Waals surface area contributed by atoms with Crippen LogP contribution in [0.2, 0.25) is 0 Å². The van der Waals surface area contributed by atoms with Crippen LogP contribution < -0.4 is 5.56 Å².